The molecule has 2 heterocycles. The molecule has 0 saturated heterocycles. The third-order valence-corrected chi connectivity index (χ3v) is 7.90. The van der Waals surface area contributed by atoms with Gasteiger partial charge in [-0.2, -0.15) is 0 Å². The fraction of sp³-hybridized carbons (Fsp3) is 0.424. The van der Waals surface area contributed by atoms with Crippen molar-refractivity contribution in [2.24, 2.45) is 15.7 Å². The van der Waals surface area contributed by atoms with Crippen LogP contribution in [0.5, 0.6) is 0 Å². The van der Waals surface area contributed by atoms with Crippen LogP contribution in [0.2, 0.25) is 0 Å². The summed E-state index contributed by atoms with van der Waals surface area (Å²) < 4.78 is 0. The van der Waals surface area contributed by atoms with Gasteiger partial charge in [0.2, 0.25) is 0 Å². The molecule has 0 N–H and O–H groups in total. The summed E-state index contributed by atoms with van der Waals surface area (Å²) in [5, 5.41) is 10.3. The Morgan fingerprint density at radius 2 is 1.62 bits per heavy atom. The van der Waals surface area contributed by atoms with Crippen molar-refractivity contribution in [3.05, 3.63) is 82.6 Å². The number of rotatable bonds is 7. The molecule has 40 heavy (non-hydrogen) atoms. The van der Waals surface area contributed by atoms with Crippen LogP contribution < -0.4 is 0 Å². The first-order valence-corrected chi connectivity index (χ1v) is 14.5. The van der Waals surface area contributed by atoms with Crippen LogP contribution in [0.25, 0.3) is 16.5 Å². The van der Waals surface area contributed by atoms with E-state index in [1.165, 1.54) is 16.5 Å². The largest absolute Gasteiger partial charge is 0.395 e. The topological polar surface area (TPSA) is 81.9 Å². The molecule has 0 fully saturated rings. The Kier molecular flexibility index (Phi) is 7.46. The molecular formula is C33H37N5O2. The zero-order valence-corrected chi connectivity index (χ0v) is 23.7. The second-order valence-corrected chi connectivity index (χ2v) is 11.8. The first-order chi connectivity index (χ1) is 19.5. The molecule has 0 spiro atoms. The van der Waals surface area contributed by atoms with Gasteiger partial charge in [-0.3, -0.25) is 0 Å². The Morgan fingerprint density at radius 1 is 0.875 bits per heavy atom. The van der Waals surface area contributed by atoms with E-state index in [9.17, 15) is 0 Å². The fourth-order valence-electron chi connectivity index (χ4n) is 5.62. The van der Waals surface area contributed by atoms with Gasteiger partial charge in [0.1, 0.15) is 24.6 Å². The highest BCUT2D eigenvalue weighted by Gasteiger charge is 2.25. The summed E-state index contributed by atoms with van der Waals surface area (Å²) in [7, 11) is 0. The molecule has 7 heteroatoms. The summed E-state index contributed by atoms with van der Waals surface area (Å²) >= 11 is 0. The molecule has 206 valence electrons. The van der Waals surface area contributed by atoms with Crippen molar-refractivity contribution < 1.29 is 9.68 Å². The Morgan fingerprint density at radius 3 is 2.40 bits per heavy atom. The first-order valence-electron chi connectivity index (χ1n) is 14.5. The highest BCUT2D eigenvalue weighted by Crippen LogP contribution is 2.29. The van der Waals surface area contributed by atoms with Crippen LogP contribution in [0.3, 0.4) is 0 Å². The molecule has 0 unspecified atom stereocenters. The number of hydrogen-bond acceptors (Lipinski definition) is 7. The second kappa shape index (κ2) is 11.3. The molecule has 0 atom stereocenters. The van der Waals surface area contributed by atoms with Gasteiger partial charge in [-0.15, -0.1) is 0 Å². The van der Waals surface area contributed by atoms with E-state index in [0.29, 0.717) is 13.2 Å². The summed E-state index contributed by atoms with van der Waals surface area (Å²) in [5.41, 5.74) is 9.29. The van der Waals surface area contributed by atoms with E-state index in [4.69, 9.17) is 19.6 Å². The van der Waals surface area contributed by atoms with Crippen molar-refractivity contribution in [3.63, 3.8) is 0 Å². The number of fused-ring (bicyclic) bond motifs is 3. The van der Waals surface area contributed by atoms with Gasteiger partial charge in [0.15, 0.2) is 5.82 Å². The molecule has 2 aromatic heterocycles. The summed E-state index contributed by atoms with van der Waals surface area (Å²) in [6, 6.07) is 8.32. The maximum Gasteiger partial charge on any atom is 0.159 e. The van der Waals surface area contributed by atoms with Gasteiger partial charge in [0.25, 0.3) is 0 Å². The Labute approximate surface area is 236 Å². The van der Waals surface area contributed by atoms with E-state index in [-0.39, 0.29) is 5.41 Å². The lowest BCUT2D eigenvalue weighted by atomic mass is 9.89. The van der Waals surface area contributed by atoms with Crippen molar-refractivity contribution in [1.29, 1.82) is 0 Å². The predicted octanol–water partition coefficient (Wildman–Crippen LogP) is 6.91. The van der Waals surface area contributed by atoms with Crippen LogP contribution in [0.1, 0.15) is 86.3 Å². The average molecular weight is 536 g/mol. The normalized spacial score (nSPS) is 18.9. The fourth-order valence-corrected chi connectivity index (χ4v) is 5.62. The number of nitrogens with zero attached hydrogens (tertiary/aromatic N) is 5. The van der Waals surface area contributed by atoms with Gasteiger partial charge in [-0.05, 0) is 81.0 Å². The number of hydrogen-bond donors (Lipinski definition) is 0. The lowest BCUT2D eigenvalue weighted by Crippen LogP contribution is -2.25. The Hall–Kier alpha value is -3.87. The quantitative estimate of drug-likeness (QED) is 0.307. The van der Waals surface area contributed by atoms with Gasteiger partial charge >= 0.3 is 0 Å². The molecule has 3 aliphatic rings. The van der Waals surface area contributed by atoms with Gasteiger partial charge < -0.3 is 9.68 Å². The smallest absolute Gasteiger partial charge is 0.159 e. The van der Waals surface area contributed by atoms with E-state index in [1.54, 1.807) is 0 Å². The summed E-state index contributed by atoms with van der Waals surface area (Å²) in [5.74, 6) is 0.763. The molecule has 3 aliphatic carbocycles. The summed E-state index contributed by atoms with van der Waals surface area (Å²) in [6.45, 7) is 7.24. The molecule has 1 aromatic carbocycles. The van der Waals surface area contributed by atoms with Gasteiger partial charge in [0.05, 0.1) is 16.9 Å². The number of aryl methyl sites for hydroxylation is 2. The average Bonchev–Trinajstić information content (AvgIpc) is 2.98. The van der Waals surface area contributed by atoms with Crippen LogP contribution in [0, 0.1) is 12.3 Å². The van der Waals surface area contributed by atoms with Crippen LogP contribution in [0.4, 0.5) is 0 Å². The van der Waals surface area contributed by atoms with Gasteiger partial charge in [-0.1, -0.05) is 60.6 Å². The van der Waals surface area contributed by atoms with E-state index >= 15 is 0 Å². The first kappa shape index (κ1) is 26.4. The standard InChI is InChI=1S/C33H37N5O2/c1-22-25-14-7-8-16-27(25)35-31-26(22)15-10-18-29(31)38-40-21-33(2,3)20-39-37-28-17-9-13-24-19-34-32(36-30(24)28)23-11-5-4-6-12-23/h5,7-8,11-12,14,16,19H,4,6,9-10,13,15,17-18,20-21H2,1-3H3/b37-28+,38-29+. The number of benzene rings is 1. The second-order valence-electron chi connectivity index (χ2n) is 11.8. The van der Waals surface area contributed by atoms with Gasteiger partial charge in [0, 0.05) is 22.6 Å². The maximum absolute atomic E-state index is 5.91. The van der Waals surface area contributed by atoms with Crippen molar-refractivity contribution in [2.45, 2.75) is 72.1 Å². The number of oxime groups is 2. The highest BCUT2D eigenvalue weighted by atomic mass is 16.6. The monoisotopic (exact) mass is 535 g/mol. The van der Waals surface area contributed by atoms with Crippen molar-refractivity contribution in [2.75, 3.05) is 13.2 Å². The SMILES string of the molecule is Cc1c2c(nc3ccccc13)/C(=N/OCC(C)(C)CO/N=C1\CCCc3cnc(C4=CCCC=C4)nc31)CCC2. The molecule has 7 nitrogen and oxygen atoms in total. The Balaban J connectivity index is 1.11. The lowest BCUT2D eigenvalue weighted by molar-refractivity contribution is -0.000310. The number of pyridine rings is 1. The minimum Gasteiger partial charge on any atom is -0.395 e. The number of aromatic nitrogens is 3. The lowest BCUT2D eigenvalue weighted by Gasteiger charge is -2.23. The molecule has 3 aromatic rings. The van der Waals surface area contributed by atoms with Crippen LogP contribution in [-0.4, -0.2) is 39.6 Å². The molecule has 6 rings (SSSR count). The molecule has 0 saturated carbocycles. The third-order valence-electron chi connectivity index (χ3n) is 7.90. The van der Waals surface area contributed by atoms with Crippen molar-refractivity contribution in [1.82, 2.24) is 15.0 Å². The van der Waals surface area contributed by atoms with E-state index in [1.807, 2.05) is 12.3 Å². The van der Waals surface area contributed by atoms with Crippen molar-refractivity contribution in [3.8, 4) is 0 Å². The van der Waals surface area contributed by atoms with E-state index in [2.05, 4.69) is 72.5 Å². The zero-order valence-electron chi connectivity index (χ0n) is 23.7. The zero-order chi connectivity index (χ0) is 27.5. The van der Waals surface area contributed by atoms with Crippen LogP contribution in [0.15, 0.2) is 59.0 Å². The summed E-state index contributed by atoms with van der Waals surface area (Å²) in [6.07, 6.45) is 16.3. The highest BCUT2D eigenvalue weighted by molar-refractivity contribution is 6.03. The number of para-hydroxylation sites is 1. The Bertz CT molecular complexity index is 1550. The maximum atomic E-state index is 5.91. The third kappa shape index (κ3) is 5.55. The number of allylic oxidation sites excluding steroid dienone is 4. The molecular weight excluding hydrogens is 498 g/mol. The van der Waals surface area contributed by atoms with Crippen LogP contribution in [-0.2, 0) is 22.5 Å². The molecule has 0 bridgehead atoms. The molecule has 0 aliphatic heterocycles. The van der Waals surface area contributed by atoms with Crippen molar-refractivity contribution >= 4 is 27.9 Å². The predicted molar refractivity (Wildman–Crippen MR) is 159 cm³/mol. The van der Waals surface area contributed by atoms with E-state index in [0.717, 1.165) is 96.7 Å². The minimum absolute atomic E-state index is 0.273. The van der Waals surface area contributed by atoms with E-state index < -0.39 is 0 Å². The molecule has 0 radical (unpaired) electrons. The molecule has 0 amide bonds. The summed E-state index contributed by atoms with van der Waals surface area (Å²) in [4.78, 5) is 26.3. The van der Waals surface area contributed by atoms with Gasteiger partial charge in [-0.25, -0.2) is 15.0 Å². The van der Waals surface area contributed by atoms with Crippen LogP contribution >= 0.6 is 0 Å². The minimum atomic E-state index is -0.273.